The van der Waals surface area contributed by atoms with E-state index in [1.165, 1.54) is 20.2 Å². The number of hydrogen-bond acceptors (Lipinski definition) is 5. The summed E-state index contributed by atoms with van der Waals surface area (Å²) in [5, 5.41) is 0.109. The predicted octanol–water partition coefficient (Wildman–Crippen LogP) is 0.769. The highest BCUT2D eigenvalue weighted by atomic mass is 16.5. The van der Waals surface area contributed by atoms with E-state index >= 15 is 0 Å². The van der Waals surface area contributed by atoms with Crippen molar-refractivity contribution < 1.29 is 9.15 Å². The standard InChI is InChI=1S/C16H14N2O5/c1-17-13(19)11-8-12(22-9-10-6-4-3-5-7-10)15(20)23-14(11)18(2)16(17)21/h3-8H,9H2,1-2H3. The first-order valence-corrected chi connectivity index (χ1v) is 6.89. The second-order valence-electron chi connectivity index (χ2n) is 5.10. The minimum Gasteiger partial charge on any atom is -0.482 e. The summed E-state index contributed by atoms with van der Waals surface area (Å²) in [5.74, 6) is -0.0721. The zero-order valence-electron chi connectivity index (χ0n) is 12.6. The molecule has 0 aliphatic carbocycles. The monoisotopic (exact) mass is 314 g/mol. The second kappa shape index (κ2) is 5.60. The van der Waals surface area contributed by atoms with Crippen LogP contribution in [0.5, 0.6) is 5.75 Å². The number of aromatic nitrogens is 2. The highest BCUT2D eigenvalue weighted by Gasteiger charge is 2.14. The van der Waals surface area contributed by atoms with Gasteiger partial charge in [0.1, 0.15) is 12.0 Å². The van der Waals surface area contributed by atoms with E-state index < -0.39 is 16.9 Å². The van der Waals surface area contributed by atoms with Crippen LogP contribution in [0.25, 0.3) is 11.1 Å². The third kappa shape index (κ3) is 2.57. The maximum atomic E-state index is 12.2. The number of benzene rings is 1. The first-order valence-electron chi connectivity index (χ1n) is 6.89. The average Bonchev–Trinajstić information content (AvgIpc) is 2.57. The highest BCUT2D eigenvalue weighted by molar-refractivity contribution is 5.73. The molecule has 1 aromatic carbocycles. The van der Waals surface area contributed by atoms with Crippen LogP contribution in [0.15, 0.2) is 55.2 Å². The number of hydrogen-bond donors (Lipinski definition) is 0. The van der Waals surface area contributed by atoms with E-state index in [4.69, 9.17) is 9.15 Å². The molecule has 0 aliphatic rings. The van der Waals surface area contributed by atoms with Gasteiger partial charge in [-0.2, -0.15) is 0 Å². The summed E-state index contributed by atoms with van der Waals surface area (Å²) in [6, 6.07) is 10.6. The molecule has 3 rings (SSSR count). The molecule has 0 radical (unpaired) electrons. The summed E-state index contributed by atoms with van der Waals surface area (Å²) in [4.78, 5) is 36.0. The molecule has 23 heavy (non-hydrogen) atoms. The molecule has 0 N–H and O–H groups in total. The Balaban J connectivity index is 2.09. The molecular weight excluding hydrogens is 300 g/mol. The second-order valence-corrected chi connectivity index (χ2v) is 5.10. The smallest absolute Gasteiger partial charge is 0.380 e. The SMILES string of the molecule is Cn1c(=O)c2cc(OCc3ccccc3)c(=O)oc2n(C)c1=O. The third-order valence-corrected chi connectivity index (χ3v) is 3.55. The molecule has 0 unspecified atom stereocenters. The molecule has 0 aliphatic heterocycles. The molecule has 0 saturated heterocycles. The van der Waals surface area contributed by atoms with Gasteiger partial charge in [-0.25, -0.2) is 9.59 Å². The average molecular weight is 314 g/mol. The number of ether oxygens (including phenoxy) is 1. The van der Waals surface area contributed by atoms with Crippen molar-refractivity contribution >= 4 is 11.1 Å². The van der Waals surface area contributed by atoms with E-state index in [1.807, 2.05) is 30.3 Å². The van der Waals surface area contributed by atoms with Gasteiger partial charge in [-0.15, -0.1) is 0 Å². The molecule has 0 bridgehead atoms. The van der Waals surface area contributed by atoms with E-state index in [0.29, 0.717) is 0 Å². The van der Waals surface area contributed by atoms with Crippen LogP contribution in [-0.2, 0) is 20.7 Å². The molecule has 2 heterocycles. The van der Waals surface area contributed by atoms with Gasteiger partial charge < -0.3 is 9.15 Å². The minimum absolute atomic E-state index is 0.0721. The Hall–Kier alpha value is -3.09. The van der Waals surface area contributed by atoms with Crippen molar-refractivity contribution in [1.29, 1.82) is 0 Å². The van der Waals surface area contributed by atoms with E-state index in [-0.39, 0.29) is 23.5 Å². The Morgan fingerprint density at radius 2 is 1.74 bits per heavy atom. The Labute approximate surface area is 130 Å². The van der Waals surface area contributed by atoms with Crippen molar-refractivity contribution in [2.45, 2.75) is 6.61 Å². The van der Waals surface area contributed by atoms with Crippen molar-refractivity contribution in [2.24, 2.45) is 14.1 Å². The van der Waals surface area contributed by atoms with Crippen molar-refractivity contribution in [2.75, 3.05) is 0 Å². The predicted molar refractivity (Wildman–Crippen MR) is 83.7 cm³/mol. The molecule has 0 fully saturated rings. The van der Waals surface area contributed by atoms with Gasteiger partial charge in [0.05, 0.1) is 0 Å². The largest absolute Gasteiger partial charge is 0.482 e. The molecule has 3 aromatic rings. The van der Waals surface area contributed by atoms with Crippen molar-refractivity contribution in [1.82, 2.24) is 9.13 Å². The zero-order chi connectivity index (χ0) is 16.6. The fourth-order valence-corrected chi connectivity index (χ4v) is 2.26. The summed E-state index contributed by atoms with van der Waals surface area (Å²) < 4.78 is 12.6. The minimum atomic E-state index is -0.739. The molecule has 7 heteroatoms. The Bertz CT molecular complexity index is 1040. The van der Waals surface area contributed by atoms with Crippen LogP contribution in [0.4, 0.5) is 0 Å². The number of rotatable bonds is 3. The molecule has 0 atom stereocenters. The highest BCUT2D eigenvalue weighted by Crippen LogP contribution is 2.13. The van der Waals surface area contributed by atoms with Gasteiger partial charge in [0, 0.05) is 20.2 Å². The maximum absolute atomic E-state index is 12.2. The number of aryl methyl sites for hydroxylation is 1. The number of nitrogens with zero attached hydrogens (tertiary/aromatic N) is 2. The molecule has 0 amide bonds. The van der Waals surface area contributed by atoms with Gasteiger partial charge in [0.25, 0.3) is 5.56 Å². The Morgan fingerprint density at radius 3 is 2.43 bits per heavy atom. The van der Waals surface area contributed by atoms with Gasteiger partial charge in [-0.05, 0) is 5.56 Å². The third-order valence-electron chi connectivity index (χ3n) is 3.55. The summed E-state index contributed by atoms with van der Waals surface area (Å²) in [5.41, 5.74) is -1.05. The van der Waals surface area contributed by atoms with Crippen LogP contribution < -0.4 is 21.6 Å². The molecule has 2 aromatic heterocycles. The van der Waals surface area contributed by atoms with Crippen molar-refractivity contribution in [3.05, 3.63) is 73.2 Å². The van der Waals surface area contributed by atoms with Crippen molar-refractivity contribution in [3.8, 4) is 5.75 Å². The molecule has 7 nitrogen and oxygen atoms in total. The lowest BCUT2D eigenvalue weighted by molar-refractivity contribution is 0.290. The fraction of sp³-hybridized carbons (Fsp3) is 0.188. The van der Waals surface area contributed by atoms with Crippen LogP contribution in [-0.4, -0.2) is 9.13 Å². The lowest BCUT2D eigenvalue weighted by Crippen LogP contribution is -2.37. The van der Waals surface area contributed by atoms with Gasteiger partial charge >= 0.3 is 11.3 Å². The van der Waals surface area contributed by atoms with Gasteiger partial charge in [-0.3, -0.25) is 13.9 Å². The van der Waals surface area contributed by atoms with Crippen LogP contribution in [0.1, 0.15) is 5.56 Å². The molecule has 0 spiro atoms. The maximum Gasteiger partial charge on any atom is 0.380 e. The first kappa shape index (κ1) is 14.8. The summed E-state index contributed by atoms with van der Waals surface area (Å²) in [7, 11) is 2.79. The summed E-state index contributed by atoms with van der Waals surface area (Å²) in [6.07, 6.45) is 0. The van der Waals surface area contributed by atoms with Crippen LogP contribution in [0.3, 0.4) is 0 Å². The molecule has 118 valence electrons. The fourth-order valence-electron chi connectivity index (χ4n) is 2.26. The first-order chi connectivity index (χ1) is 11.0. The zero-order valence-corrected chi connectivity index (χ0v) is 12.6. The van der Waals surface area contributed by atoms with Gasteiger partial charge in [0.2, 0.25) is 11.5 Å². The summed E-state index contributed by atoms with van der Waals surface area (Å²) in [6.45, 7) is 0.170. The lowest BCUT2D eigenvalue weighted by atomic mass is 10.2. The lowest BCUT2D eigenvalue weighted by Gasteiger charge is -2.08. The topological polar surface area (TPSA) is 83.4 Å². The Morgan fingerprint density at radius 1 is 1.04 bits per heavy atom. The van der Waals surface area contributed by atoms with Gasteiger partial charge in [0.15, 0.2) is 0 Å². The van der Waals surface area contributed by atoms with Crippen LogP contribution >= 0.6 is 0 Å². The van der Waals surface area contributed by atoms with E-state index in [0.717, 1.165) is 14.7 Å². The molecule has 0 saturated carbocycles. The normalized spacial score (nSPS) is 10.9. The van der Waals surface area contributed by atoms with E-state index in [1.54, 1.807) is 0 Å². The van der Waals surface area contributed by atoms with Crippen LogP contribution in [0.2, 0.25) is 0 Å². The van der Waals surface area contributed by atoms with E-state index in [9.17, 15) is 14.4 Å². The van der Waals surface area contributed by atoms with Gasteiger partial charge in [-0.1, -0.05) is 30.3 Å². The van der Waals surface area contributed by atoms with Crippen LogP contribution in [0, 0.1) is 0 Å². The van der Waals surface area contributed by atoms with E-state index in [2.05, 4.69) is 0 Å². The number of fused-ring (bicyclic) bond motifs is 1. The van der Waals surface area contributed by atoms with Crippen molar-refractivity contribution in [3.63, 3.8) is 0 Å². The summed E-state index contributed by atoms with van der Waals surface area (Å²) >= 11 is 0. The molecular formula is C16H14N2O5. The quantitative estimate of drug-likeness (QED) is 0.713. The Kier molecular flexibility index (Phi) is 3.61.